The average molecular weight is 327 g/mol. The zero-order chi connectivity index (χ0) is 16.9. The number of carbonyl (C=O) groups is 2. The molecule has 3 N–H and O–H groups in total. The van der Waals surface area contributed by atoms with Gasteiger partial charge in [0.25, 0.3) is 5.91 Å². The Hall–Kier alpha value is -2.67. The number of aromatic nitrogens is 2. The van der Waals surface area contributed by atoms with Crippen LogP contribution < -0.4 is 11.1 Å². The number of hydrogen-bond acceptors (Lipinski definition) is 4. The summed E-state index contributed by atoms with van der Waals surface area (Å²) in [5.74, 6) is 0.493. The Morgan fingerprint density at radius 2 is 1.88 bits per heavy atom. The van der Waals surface area contributed by atoms with Crippen molar-refractivity contribution in [3.63, 3.8) is 0 Å². The molecule has 1 aromatic heterocycles. The molecule has 0 atom stereocenters. The molecule has 1 saturated heterocycles. The van der Waals surface area contributed by atoms with Crippen LogP contribution in [0.4, 0.5) is 5.82 Å². The van der Waals surface area contributed by atoms with Gasteiger partial charge in [-0.25, -0.2) is 4.68 Å². The Bertz CT molecular complexity index is 705. The molecule has 0 spiro atoms. The van der Waals surface area contributed by atoms with Crippen molar-refractivity contribution in [2.24, 2.45) is 5.73 Å². The first-order valence-corrected chi connectivity index (χ1v) is 8.07. The first-order chi connectivity index (χ1) is 11.7. The van der Waals surface area contributed by atoms with Gasteiger partial charge in [0, 0.05) is 24.7 Å². The van der Waals surface area contributed by atoms with E-state index in [0.717, 1.165) is 12.8 Å². The number of piperidine rings is 1. The number of rotatable bonds is 4. The van der Waals surface area contributed by atoms with Crippen molar-refractivity contribution in [1.82, 2.24) is 14.7 Å². The number of nitrogens with one attached hydrogen (secondary N) is 1. The van der Waals surface area contributed by atoms with E-state index in [2.05, 4.69) is 10.4 Å². The van der Waals surface area contributed by atoms with Gasteiger partial charge in [-0.1, -0.05) is 18.2 Å². The van der Waals surface area contributed by atoms with Crippen molar-refractivity contribution in [1.29, 1.82) is 0 Å². The predicted octanol–water partition coefficient (Wildman–Crippen LogP) is 1.26. The number of carbonyl (C=O) groups excluding carboxylic acids is 2. The highest BCUT2D eigenvalue weighted by atomic mass is 16.2. The summed E-state index contributed by atoms with van der Waals surface area (Å²) in [6.45, 7) is 1.37. The minimum atomic E-state index is -0.159. The van der Waals surface area contributed by atoms with Crippen LogP contribution in [0.1, 0.15) is 29.2 Å². The summed E-state index contributed by atoms with van der Waals surface area (Å²) in [6.07, 6.45) is 3.27. The Morgan fingerprint density at radius 3 is 2.54 bits per heavy atom. The third-order valence-electron chi connectivity index (χ3n) is 4.29. The number of nitrogens with zero attached hydrogens (tertiary/aromatic N) is 3. The maximum Gasteiger partial charge on any atom is 0.256 e. The number of hydrogen-bond donors (Lipinski definition) is 2. The number of amides is 2. The van der Waals surface area contributed by atoms with E-state index in [1.165, 1.54) is 0 Å². The van der Waals surface area contributed by atoms with E-state index in [0.29, 0.717) is 24.5 Å². The molecule has 0 unspecified atom stereocenters. The van der Waals surface area contributed by atoms with E-state index in [-0.39, 0.29) is 24.4 Å². The largest absolute Gasteiger partial charge is 0.341 e. The molecule has 3 rings (SSSR count). The van der Waals surface area contributed by atoms with E-state index in [1.54, 1.807) is 29.3 Å². The minimum absolute atomic E-state index is 0.0217. The monoisotopic (exact) mass is 327 g/mol. The van der Waals surface area contributed by atoms with Gasteiger partial charge in [0.15, 0.2) is 0 Å². The van der Waals surface area contributed by atoms with Crippen LogP contribution in [-0.4, -0.2) is 46.1 Å². The second-order valence-corrected chi connectivity index (χ2v) is 5.80. The molecule has 126 valence electrons. The summed E-state index contributed by atoms with van der Waals surface area (Å²) in [5, 5.41) is 7.26. The molecule has 0 bridgehead atoms. The predicted molar refractivity (Wildman–Crippen MR) is 90.5 cm³/mol. The van der Waals surface area contributed by atoms with Crippen LogP contribution in [0.15, 0.2) is 42.6 Å². The molecular formula is C17H21N5O2. The van der Waals surface area contributed by atoms with Crippen LogP contribution in [0.25, 0.3) is 0 Å². The molecule has 1 aliphatic heterocycles. The maximum atomic E-state index is 12.3. The van der Waals surface area contributed by atoms with E-state index in [9.17, 15) is 9.59 Å². The van der Waals surface area contributed by atoms with Crippen LogP contribution >= 0.6 is 0 Å². The summed E-state index contributed by atoms with van der Waals surface area (Å²) in [5.41, 5.74) is 6.02. The molecule has 0 radical (unpaired) electrons. The van der Waals surface area contributed by atoms with Crippen molar-refractivity contribution in [3.05, 3.63) is 48.2 Å². The smallest absolute Gasteiger partial charge is 0.256 e. The van der Waals surface area contributed by atoms with Gasteiger partial charge in [0.05, 0.1) is 18.8 Å². The van der Waals surface area contributed by atoms with Crippen molar-refractivity contribution < 1.29 is 9.59 Å². The Morgan fingerprint density at radius 1 is 1.17 bits per heavy atom. The van der Waals surface area contributed by atoms with Crippen molar-refractivity contribution in [2.45, 2.75) is 18.9 Å². The van der Waals surface area contributed by atoms with E-state index in [1.807, 2.05) is 22.9 Å². The molecule has 1 fully saturated rings. The van der Waals surface area contributed by atoms with Gasteiger partial charge in [0.1, 0.15) is 5.82 Å². The zero-order valence-electron chi connectivity index (χ0n) is 13.4. The lowest BCUT2D eigenvalue weighted by atomic mass is 10.1. The summed E-state index contributed by atoms with van der Waals surface area (Å²) >= 11 is 0. The lowest BCUT2D eigenvalue weighted by Gasteiger charge is -2.32. The van der Waals surface area contributed by atoms with E-state index < -0.39 is 0 Å². The fourth-order valence-corrected chi connectivity index (χ4v) is 2.97. The second kappa shape index (κ2) is 7.27. The highest BCUT2D eigenvalue weighted by molar-refractivity contribution is 6.03. The standard InChI is InChI=1S/C17H21N5O2/c18-12-16(23)21-10-7-14(8-11-21)22-15(6-9-19-22)20-17(24)13-4-2-1-3-5-13/h1-6,9,14H,7-8,10-12,18H2,(H,20,24). The van der Waals surface area contributed by atoms with E-state index in [4.69, 9.17) is 5.73 Å². The molecule has 24 heavy (non-hydrogen) atoms. The average Bonchev–Trinajstić information content (AvgIpc) is 3.10. The first-order valence-electron chi connectivity index (χ1n) is 8.07. The lowest BCUT2D eigenvalue weighted by molar-refractivity contribution is -0.130. The van der Waals surface area contributed by atoms with Gasteiger partial charge >= 0.3 is 0 Å². The number of nitrogens with two attached hydrogens (primary N) is 1. The topological polar surface area (TPSA) is 93.2 Å². The number of likely N-dealkylation sites (tertiary alicyclic amines) is 1. The molecule has 2 amide bonds. The fourth-order valence-electron chi connectivity index (χ4n) is 2.97. The SMILES string of the molecule is NCC(=O)N1CCC(n2nccc2NC(=O)c2ccccc2)CC1. The van der Waals surface area contributed by atoms with Crippen molar-refractivity contribution in [3.8, 4) is 0 Å². The van der Waals surface area contributed by atoms with Crippen LogP contribution in [0.5, 0.6) is 0 Å². The summed E-state index contributed by atoms with van der Waals surface area (Å²) < 4.78 is 1.84. The zero-order valence-corrected chi connectivity index (χ0v) is 13.4. The highest BCUT2D eigenvalue weighted by Crippen LogP contribution is 2.25. The molecule has 2 heterocycles. The van der Waals surface area contributed by atoms with Crippen molar-refractivity contribution >= 4 is 17.6 Å². The Balaban J connectivity index is 1.66. The normalized spacial score (nSPS) is 15.3. The van der Waals surface area contributed by atoms with Gasteiger partial charge in [0.2, 0.25) is 5.91 Å². The van der Waals surface area contributed by atoms with Gasteiger partial charge in [-0.05, 0) is 25.0 Å². The van der Waals surface area contributed by atoms with Crippen LogP contribution in [0.2, 0.25) is 0 Å². The molecule has 1 aromatic carbocycles. The molecule has 7 heteroatoms. The summed E-state index contributed by atoms with van der Waals surface area (Å²) in [6, 6.07) is 11.0. The van der Waals surface area contributed by atoms with Crippen molar-refractivity contribution in [2.75, 3.05) is 25.0 Å². The first kappa shape index (κ1) is 16.2. The van der Waals surface area contributed by atoms with Crippen LogP contribution in [0, 0.1) is 0 Å². The second-order valence-electron chi connectivity index (χ2n) is 5.80. The number of benzene rings is 1. The van der Waals surface area contributed by atoms with Crippen LogP contribution in [0.3, 0.4) is 0 Å². The van der Waals surface area contributed by atoms with Gasteiger partial charge in [-0.15, -0.1) is 0 Å². The van der Waals surface area contributed by atoms with Crippen LogP contribution in [-0.2, 0) is 4.79 Å². The molecule has 0 aliphatic carbocycles. The lowest BCUT2D eigenvalue weighted by Crippen LogP contribution is -2.42. The maximum absolute atomic E-state index is 12.3. The summed E-state index contributed by atoms with van der Waals surface area (Å²) in [4.78, 5) is 25.7. The highest BCUT2D eigenvalue weighted by Gasteiger charge is 2.25. The van der Waals surface area contributed by atoms with Gasteiger partial charge in [-0.2, -0.15) is 5.10 Å². The third kappa shape index (κ3) is 3.46. The molecule has 7 nitrogen and oxygen atoms in total. The quantitative estimate of drug-likeness (QED) is 0.884. The molecule has 2 aromatic rings. The van der Waals surface area contributed by atoms with E-state index >= 15 is 0 Å². The number of anilines is 1. The fraction of sp³-hybridized carbons (Fsp3) is 0.353. The van der Waals surface area contributed by atoms with Gasteiger partial charge in [-0.3, -0.25) is 9.59 Å². The molecule has 1 aliphatic rings. The van der Waals surface area contributed by atoms with Gasteiger partial charge < -0.3 is 16.0 Å². The Kier molecular flexibility index (Phi) is 4.90. The minimum Gasteiger partial charge on any atom is -0.341 e. The Labute approximate surface area is 140 Å². The molecular weight excluding hydrogens is 306 g/mol. The third-order valence-corrected chi connectivity index (χ3v) is 4.29. The molecule has 0 saturated carbocycles. The summed E-state index contributed by atoms with van der Waals surface area (Å²) in [7, 11) is 0.